The molecule has 0 aliphatic carbocycles. The lowest BCUT2D eigenvalue weighted by Gasteiger charge is -2.11. The van der Waals surface area contributed by atoms with Crippen molar-refractivity contribution >= 4 is 27.8 Å². The molecule has 0 amide bonds. The summed E-state index contributed by atoms with van der Waals surface area (Å²) in [6, 6.07) is 9.32. The van der Waals surface area contributed by atoms with E-state index in [-0.39, 0.29) is 11.6 Å². The summed E-state index contributed by atoms with van der Waals surface area (Å²) in [5.41, 5.74) is 4.69. The van der Waals surface area contributed by atoms with E-state index in [4.69, 9.17) is 0 Å². The zero-order valence-corrected chi connectivity index (χ0v) is 15.9. The predicted octanol–water partition coefficient (Wildman–Crippen LogP) is 4.52. The van der Waals surface area contributed by atoms with Gasteiger partial charge in [-0.25, -0.2) is 14.4 Å². The first kappa shape index (κ1) is 17.3. The molecule has 4 heterocycles. The van der Waals surface area contributed by atoms with Gasteiger partial charge in [0.25, 0.3) is 0 Å². The minimum atomic E-state index is -0.406. The molecule has 0 aliphatic rings. The molecule has 0 saturated heterocycles. The van der Waals surface area contributed by atoms with Crippen molar-refractivity contribution in [2.45, 2.75) is 19.9 Å². The molecule has 5 rings (SSSR count). The quantitative estimate of drug-likeness (QED) is 0.421. The van der Waals surface area contributed by atoms with Crippen LogP contribution in [0.1, 0.15) is 13.8 Å². The maximum Gasteiger partial charge on any atom is 0.178 e. The van der Waals surface area contributed by atoms with E-state index in [1.54, 1.807) is 18.6 Å². The highest BCUT2D eigenvalue weighted by Crippen LogP contribution is 2.32. The monoisotopic (exact) mass is 387 g/mol. The molecule has 1 aromatic carbocycles. The number of aromatic amines is 2. The fourth-order valence-electron chi connectivity index (χ4n) is 3.40. The normalized spacial score (nSPS) is 11.6. The van der Waals surface area contributed by atoms with E-state index < -0.39 is 5.82 Å². The van der Waals surface area contributed by atoms with Gasteiger partial charge in [-0.05, 0) is 49.7 Å². The highest BCUT2D eigenvalue weighted by molar-refractivity contribution is 5.95. The lowest BCUT2D eigenvalue weighted by molar-refractivity contribution is 0.636. The van der Waals surface area contributed by atoms with Crippen LogP contribution in [-0.2, 0) is 0 Å². The van der Waals surface area contributed by atoms with Crippen molar-refractivity contribution in [1.82, 2.24) is 30.1 Å². The topological polar surface area (TPSA) is 95.2 Å². The molecule has 0 radical (unpaired) electrons. The standard InChI is InChI=1S/C21H18FN7/c1-11(2)25-14-6-13(9-23-10-14)12-7-15-18(16(22)8-12)28-29-19(15)21-26-17-4-3-5-24-20(17)27-21/h3-11,25H,1-2H3,(H,28,29)(H,24,26,27). The van der Waals surface area contributed by atoms with Gasteiger partial charge in [0.05, 0.1) is 11.2 Å². The van der Waals surface area contributed by atoms with E-state index in [0.717, 1.165) is 16.8 Å². The van der Waals surface area contributed by atoms with E-state index in [2.05, 4.69) is 49.3 Å². The third-order valence-corrected chi connectivity index (χ3v) is 4.63. The zero-order chi connectivity index (χ0) is 20.0. The van der Waals surface area contributed by atoms with Crippen molar-refractivity contribution in [2.75, 3.05) is 5.32 Å². The first-order valence-electron chi connectivity index (χ1n) is 9.29. The Morgan fingerprint density at radius 3 is 2.83 bits per heavy atom. The Kier molecular flexibility index (Phi) is 3.97. The van der Waals surface area contributed by atoms with Crippen molar-refractivity contribution in [3.8, 4) is 22.6 Å². The number of aromatic nitrogens is 6. The first-order valence-corrected chi connectivity index (χ1v) is 9.29. The number of pyridine rings is 2. The number of H-pyrrole nitrogens is 2. The molecule has 8 heteroatoms. The SMILES string of the molecule is CC(C)Nc1cncc(-c2cc(F)c3n[nH]c(-c4nc5ncccc5[nH]4)c3c2)c1. The van der Waals surface area contributed by atoms with E-state index in [1.807, 2.05) is 24.3 Å². The van der Waals surface area contributed by atoms with E-state index in [0.29, 0.717) is 28.1 Å². The molecule has 7 nitrogen and oxygen atoms in total. The third-order valence-electron chi connectivity index (χ3n) is 4.63. The Labute approximate surface area is 165 Å². The van der Waals surface area contributed by atoms with Crippen LogP contribution in [-0.4, -0.2) is 36.2 Å². The average Bonchev–Trinajstić information content (AvgIpc) is 3.31. The molecule has 0 unspecified atom stereocenters. The minimum absolute atomic E-state index is 0.265. The Morgan fingerprint density at radius 1 is 1.10 bits per heavy atom. The molecule has 0 atom stereocenters. The van der Waals surface area contributed by atoms with Crippen LogP contribution in [0.3, 0.4) is 0 Å². The molecule has 0 fully saturated rings. The lowest BCUT2D eigenvalue weighted by Crippen LogP contribution is -2.09. The zero-order valence-electron chi connectivity index (χ0n) is 15.9. The lowest BCUT2D eigenvalue weighted by atomic mass is 10.0. The van der Waals surface area contributed by atoms with E-state index >= 15 is 0 Å². The number of halogens is 1. The molecule has 29 heavy (non-hydrogen) atoms. The summed E-state index contributed by atoms with van der Waals surface area (Å²) in [7, 11) is 0. The molecular weight excluding hydrogens is 369 g/mol. The van der Waals surface area contributed by atoms with Gasteiger partial charge in [-0.3, -0.25) is 10.1 Å². The van der Waals surface area contributed by atoms with Crippen LogP contribution in [0.15, 0.2) is 48.9 Å². The van der Waals surface area contributed by atoms with Gasteiger partial charge in [-0.1, -0.05) is 0 Å². The molecule has 4 aromatic heterocycles. The number of nitrogens with one attached hydrogen (secondary N) is 3. The Bertz CT molecular complexity index is 1300. The van der Waals surface area contributed by atoms with Crippen molar-refractivity contribution in [2.24, 2.45) is 0 Å². The molecule has 144 valence electrons. The molecular formula is C21H18FN7. The second-order valence-corrected chi connectivity index (χ2v) is 7.17. The molecule has 5 aromatic rings. The second kappa shape index (κ2) is 6.66. The number of anilines is 1. The summed E-state index contributed by atoms with van der Waals surface area (Å²) >= 11 is 0. The van der Waals surface area contributed by atoms with Crippen LogP contribution < -0.4 is 5.32 Å². The molecule has 0 spiro atoms. The fraction of sp³-hybridized carbons (Fsp3) is 0.143. The molecule has 0 saturated carbocycles. The average molecular weight is 387 g/mol. The molecule has 3 N–H and O–H groups in total. The fourth-order valence-corrected chi connectivity index (χ4v) is 3.40. The van der Waals surface area contributed by atoms with Crippen LogP contribution >= 0.6 is 0 Å². The summed E-state index contributed by atoms with van der Waals surface area (Å²) in [5, 5.41) is 11.0. The number of fused-ring (bicyclic) bond motifs is 2. The van der Waals surface area contributed by atoms with Crippen molar-refractivity contribution in [1.29, 1.82) is 0 Å². The Morgan fingerprint density at radius 2 is 2.00 bits per heavy atom. The van der Waals surface area contributed by atoms with Gasteiger partial charge < -0.3 is 10.3 Å². The Hall–Kier alpha value is -3.81. The smallest absolute Gasteiger partial charge is 0.178 e. The summed E-state index contributed by atoms with van der Waals surface area (Å²) in [4.78, 5) is 16.2. The van der Waals surface area contributed by atoms with Crippen LogP contribution in [0.25, 0.3) is 44.7 Å². The number of hydrogen-bond acceptors (Lipinski definition) is 5. The van der Waals surface area contributed by atoms with Crippen LogP contribution in [0, 0.1) is 5.82 Å². The number of benzene rings is 1. The summed E-state index contributed by atoms with van der Waals surface area (Å²) in [6.07, 6.45) is 5.15. The van der Waals surface area contributed by atoms with Crippen LogP contribution in [0.4, 0.5) is 10.1 Å². The van der Waals surface area contributed by atoms with Crippen LogP contribution in [0.2, 0.25) is 0 Å². The number of hydrogen-bond donors (Lipinski definition) is 3. The second-order valence-electron chi connectivity index (χ2n) is 7.17. The van der Waals surface area contributed by atoms with E-state index in [9.17, 15) is 4.39 Å². The van der Waals surface area contributed by atoms with Crippen molar-refractivity contribution < 1.29 is 4.39 Å². The van der Waals surface area contributed by atoms with Gasteiger partial charge in [0.2, 0.25) is 0 Å². The van der Waals surface area contributed by atoms with Gasteiger partial charge >= 0.3 is 0 Å². The minimum Gasteiger partial charge on any atom is -0.382 e. The summed E-state index contributed by atoms with van der Waals surface area (Å²) in [6.45, 7) is 4.11. The maximum atomic E-state index is 14.8. The highest BCUT2D eigenvalue weighted by Gasteiger charge is 2.17. The largest absolute Gasteiger partial charge is 0.382 e. The van der Waals surface area contributed by atoms with Gasteiger partial charge in [0.1, 0.15) is 11.2 Å². The first-order chi connectivity index (χ1) is 14.1. The third kappa shape index (κ3) is 3.08. The van der Waals surface area contributed by atoms with Gasteiger partial charge in [0.15, 0.2) is 17.3 Å². The van der Waals surface area contributed by atoms with Gasteiger partial charge in [-0.2, -0.15) is 5.10 Å². The Balaban J connectivity index is 1.65. The van der Waals surface area contributed by atoms with Gasteiger partial charge in [-0.15, -0.1) is 0 Å². The van der Waals surface area contributed by atoms with E-state index in [1.165, 1.54) is 6.07 Å². The number of nitrogens with zero attached hydrogens (tertiary/aromatic N) is 4. The van der Waals surface area contributed by atoms with Gasteiger partial charge in [0, 0.05) is 35.6 Å². The predicted molar refractivity (Wildman–Crippen MR) is 111 cm³/mol. The number of rotatable bonds is 4. The highest BCUT2D eigenvalue weighted by atomic mass is 19.1. The van der Waals surface area contributed by atoms with Crippen LogP contribution in [0.5, 0.6) is 0 Å². The summed E-state index contributed by atoms with van der Waals surface area (Å²) in [5.74, 6) is 0.155. The molecule has 0 bridgehead atoms. The van der Waals surface area contributed by atoms with Crippen molar-refractivity contribution in [3.05, 3.63) is 54.7 Å². The number of imidazole rings is 1. The maximum absolute atomic E-state index is 14.8. The van der Waals surface area contributed by atoms with Crippen molar-refractivity contribution in [3.63, 3.8) is 0 Å². The molecule has 0 aliphatic heterocycles. The summed E-state index contributed by atoms with van der Waals surface area (Å²) < 4.78 is 14.8.